The summed E-state index contributed by atoms with van der Waals surface area (Å²) >= 11 is 0. The molecule has 3 heterocycles. The topological polar surface area (TPSA) is 318 Å². The summed E-state index contributed by atoms with van der Waals surface area (Å²) in [5.74, 6) is 0.491. The first-order valence-corrected chi connectivity index (χ1v) is 25.0. The molecular weight excluding hydrogens is 881 g/mol. The number of hydrogen-bond acceptors (Lipinski definition) is 19. The van der Waals surface area contributed by atoms with Gasteiger partial charge < -0.3 is 94.8 Å². The highest BCUT2D eigenvalue weighted by atomic mass is 16.8. The molecule has 67 heavy (non-hydrogen) atoms. The second kappa shape index (κ2) is 18.9. The van der Waals surface area contributed by atoms with E-state index < -0.39 is 142 Å². The van der Waals surface area contributed by atoms with Crippen molar-refractivity contribution in [3.8, 4) is 0 Å². The average molecular weight is 963 g/mol. The van der Waals surface area contributed by atoms with Crippen molar-refractivity contribution in [1.82, 2.24) is 0 Å². The lowest BCUT2D eigenvalue weighted by Crippen LogP contribution is -2.68. The fourth-order valence-electron chi connectivity index (χ4n) is 16.0. The van der Waals surface area contributed by atoms with Crippen LogP contribution in [0.1, 0.15) is 106 Å². The molecule has 0 radical (unpaired) electrons. The monoisotopic (exact) mass is 963 g/mol. The third-order valence-electron chi connectivity index (χ3n) is 19.8. The molecule has 0 aromatic heterocycles. The smallest absolute Gasteiger partial charge is 0.187 e. The van der Waals surface area contributed by atoms with E-state index in [0.29, 0.717) is 32.1 Å². The van der Waals surface area contributed by atoms with Crippen molar-refractivity contribution in [3.05, 3.63) is 0 Å². The van der Waals surface area contributed by atoms with Gasteiger partial charge in [-0.15, -0.1) is 0 Å². The number of rotatable bonds is 14. The van der Waals surface area contributed by atoms with Crippen molar-refractivity contribution >= 4 is 0 Å². The molecule has 27 unspecified atom stereocenters. The van der Waals surface area contributed by atoms with E-state index in [9.17, 15) is 66.4 Å². The third kappa shape index (κ3) is 8.12. The van der Waals surface area contributed by atoms with Crippen molar-refractivity contribution in [3.63, 3.8) is 0 Å². The predicted molar refractivity (Wildman–Crippen MR) is 233 cm³/mol. The minimum absolute atomic E-state index is 0.0275. The molecule has 388 valence electrons. The molecule has 3 aliphatic heterocycles. The van der Waals surface area contributed by atoms with E-state index in [0.717, 1.165) is 25.7 Å². The van der Waals surface area contributed by atoms with Crippen molar-refractivity contribution in [2.24, 2.45) is 56.7 Å². The summed E-state index contributed by atoms with van der Waals surface area (Å²) in [5, 5.41) is 142. The van der Waals surface area contributed by atoms with E-state index in [4.69, 9.17) is 28.4 Å². The molecule has 5 saturated carbocycles. The summed E-state index contributed by atoms with van der Waals surface area (Å²) in [4.78, 5) is 0. The van der Waals surface area contributed by atoms with Gasteiger partial charge in [-0.05, 0) is 109 Å². The van der Waals surface area contributed by atoms with Crippen LogP contribution in [0, 0.1) is 56.7 Å². The largest absolute Gasteiger partial charge is 0.394 e. The van der Waals surface area contributed by atoms with Crippen LogP contribution in [0.4, 0.5) is 0 Å². The summed E-state index contributed by atoms with van der Waals surface area (Å²) < 4.78 is 37.0. The van der Waals surface area contributed by atoms with Gasteiger partial charge in [-0.25, -0.2) is 0 Å². The Morgan fingerprint density at radius 2 is 1.09 bits per heavy atom. The number of aliphatic hydroxyl groups is 13. The van der Waals surface area contributed by atoms with Gasteiger partial charge in [-0.2, -0.15) is 0 Å². The number of aliphatic hydroxyl groups excluding tert-OH is 13. The van der Waals surface area contributed by atoms with Crippen LogP contribution in [0.5, 0.6) is 0 Å². The van der Waals surface area contributed by atoms with Crippen molar-refractivity contribution in [2.45, 2.75) is 223 Å². The van der Waals surface area contributed by atoms with Gasteiger partial charge in [0.15, 0.2) is 18.9 Å². The Morgan fingerprint density at radius 1 is 0.567 bits per heavy atom. The van der Waals surface area contributed by atoms with Crippen LogP contribution in [0.25, 0.3) is 0 Å². The Morgan fingerprint density at radius 3 is 1.64 bits per heavy atom. The first kappa shape index (κ1) is 52.6. The summed E-state index contributed by atoms with van der Waals surface area (Å²) in [6.07, 6.45) is -21.1. The van der Waals surface area contributed by atoms with Gasteiger partial charge in [0.05, 0.1) is 44.2 Å². The molecule has 8 rings (SSSR count). The molecule has 0 amide bonds. The molecule has 19 heteroatoms. The van der Waals surface area contributed by atoms with Gasteiger partial charge in [0, 0.05) is 5.41 Å². The third-order valence-corrected chi connectivity index (χ3v) is 19.8. The Kier molecular flexibility index (Phi) is 14.9. The lowest BCUT2D eigenvalue weighted by Gasteiger charge is -2.64. The van der Waals surface area contributed by atoms with Gasteiger partial charge in [0.1, 0.15) is 73.2 Å². The molecule has 8 aliphatic rings. The van der Waals surface area contributed by atoms with E-state index in [1.54, 1.807) is 0 Å². The zero-order valence-corrected chi connectivity index (χ0v) is 40.1. The van der Waals surface area contributed by atoms with Crippen LogP contribution in [-0.4, -0.2) is 203 Å². The predicted octanol–water partition coefficient (Wildman–Crippen LogP) is -1.37. The quantitative estimate of drug-likeness (QED) is 0.0894. The lowest BCUT2D eigenvalue weighted by atomic mass is 9.41. The van der Waals surface area contributed by atoms with E-state index in [-0.39, 0.29) is 51.2 Å². The van der Waals surface area contributed by atoms with E-state index in [1.807, 2.05) is 13.8 Å². The van der Waals surface area contributed by atoms with E-state index >= 15 is 0 Å². The highest BCUT2D eigenvalue weighted by Crippen LogP contribution is 2.89. The molecule has 8 fully saturated rings. The van der Waals surface area contributed by atoms with Crippen LogP contribution in [0.15, 0.2) is 0 Å². The minimum Gasteiger partial charge on any atom is -0.394 e. The lowest BCUT2D eigenvalue weighted by molar-refractivity contribution is -0.399. The van der Waals surface area contributed by atoms with Gasteiger partial charge in [-0.1, -0.05) is 48.5 Å². The zero-order valence-electron chi connectivity index (χ0n) is 40.1. The fraction of sp³-hybridized carbons (Fsp3) is 1.00. The standard InChI is InChI=1S/C48H82O19/c1-20(2)22(52)9-8-21(3)31-23(53)14-45(6)28-11-10-27-44(4,5)30(12-13-47(27)19-48(28,47)29(54)15-46(31,45)7)65-43-40(67-42-38(61)36(59)33(56)25(17-50)63-42)39(34(57)26(18-51)64-43)66-41-37(60)35(58)32(55)24(16-49)62-41/h20-43,49-61H,8-19H2,1-7H3. The summed E-state index contributed by atoms with van der Waals surface area (Å²) in [6.45, 7) is 12.8. The average Bonchev–Trinajstić information content (AvgIpc) is 3.92. The maximum absolute atomic E-state index is 12.6. The fourth-order valence-corrected chi connectivity index (χ4v) is 16.0. The molecule has 3 saturated heterocycles. The van der Waals surface area contributed by atoms with Gasteiger partial charge in [0.2, 0.25) is 0 Å². The Balaban J connectivity index is 1.06. The molecule has 2 spiro atoms. The maximum atomic E-state index is 12.6. The molecule has 0 bridgehead atoms. The highest BCUT2D eigenvalue weighted by Gasteiger charge is 2.85. The Hall–Kier alpha value is -0.760. The van der Waals surface area contributed by atoms with E-state index in [2.05, 4.69) is 34.6 Å². The second-order valence-electron chi connectivity index (χ2n) is 23.6. The number of hydrogen-bond donors (Lipinski definition) is 13. The van der Waals surface area contributed by atoms with Crippen LogP contribution in [0.3, 0.4) is 0 Å². The Bertz CT molecular complexity index is 1710. The minimum atomic E-state index is -1.91. The number of ether oxygens (including phenoxy) is 6. The molecule has 5 aliphatic carbocycles. The molecule has 19 nitrogen and oxygen atoms in total. The van der Waals surface area contributed by atoms with Gasteiger partial charge in [-0.3, -0.25) is 0 Å². The summed E-state index contributed by atoms with van der Waals surface area (Å²) in [5.41, 5.74) is -1.75. The normalized spacial score (nSPS) is 54.7. The van der Waals surface area contributed by atoms with Crippen molar-refractivity contribution in [1.29, 1.82) is 0 Å². The van der Waals surface area contributed by atoms with Crippen LogP contribution < -0.4 is 0 Å². The van der Waals surface area contributed by atoms with Gasteiger partial charge >= 0.3 is 0 Å². The highest BCUT2D eigenvalue weighted by molar-refractivity contribution is 5.33. The molecule has 13 N–H and O–H groups in total. The summed E-state index contributed by atoms with van der Waals surface area (Å²) in [7, 11) is 0. The van der Waals surface area contributed by atoms with Crippen LogP contribution >= 0.6 is 0 Å². The van der Waals surface area contributed by atoms with Gasteiger partial charge in [0.25, 0.3) is 0 Å². The van der Waals surface area contributed by atoms with Crippen molar-refractivity contribution in [2.75, 3.05) is 19.8 Å². The zero-order chi connectivity index (χ0) is 49.1. The Labute approximate surface area is 393 Å². The first-order valence-electron chi connectivity index (χ1n) is 25.0. The SMILES string of the molecule is CC(C)C(O)CCC(C)C1C(O)CC2(C)C3CCC4C(C)(C)C(OC5OC(CO)C(O)C(OC6OC(CO)C(O)C(O)C6O)C5OC5OC(CO)C(O)C(O)C5O)CCC45CC35C(O)CC12C. The second-order valence-corrected chi connectivity index (χ2v) is 23.6. The molecule has 27 atom stereocenters. The van der Waals surface area contributed by atoms with Crippen LogP contribution in [-0.2, 0) is 28.4 Å². The van der Waals surface area contributed by atoms with Crippen LogP contribution in [0.2, 0.25) is 0 Å². The van der Waals surface area contributed by atoms with Crippen molar-refractivity contribution < 1.29 is 94.8 Å². The molecular formula is C48H82O19. The maximum Gasteiger partial charge on any atom is 0.187 e. The first-order chi connectivity index (χ1) is 31.4. The van der Waals surface area contributed by atoms with E-state index in [1.165, 1.54) is 0 Å². The molecule has 0 aromatic carbocycles. The number of fused-ring (bicyclic) bond motifs is 2. The summed E-state index contributed by atoms with van der Waals surface area (Å²) in [6, 6.07) is 0. The molecule has 0 aromatic rings.